The second-order valence-electron chi connectivity index (χ2n) is 28.7. The van der Waals surface area contributed by atoms with E-state index in [1.165, 1.54) is 12.1 Å². The summed E-state index contributed by atoms with van der Waals surface area (Å²) in [5.74, 6) is -1.80. The van der Waals surface area contributed by atoms with E-state index < -0.39 is 92.7 Å². The van der Waals surface area contributed by atoms with E-state index in [1.807, 2.05) is 107 Å². The van der Waals surface area contributed by atoms with Crippen LogP contribution in [0.4, 0.5) is 19.2 Å². The van der Waals surface area contributed by atoms with Crippen molar-refractivity contribution in [2.24, 2.45) is 0 Å². The summed E-state index contributed by atoms with van der Waals surface area (Å²) in [6.07, 6.45) is -6.08. The molecule has 15 heteroatoms. The maximum Gasteiger partial charge on any atom is 0.514 e. The Labute approximate surface area is 468 Å². The highest BCUT2D eigenvalue weighted by Gasteiger charge is 2.50. The van der Waals surface area contributed by atoms with Crippen LogP contribution in [0.2, 0.25) is 0 Å². The van der Waals surface area contributed by atoms with Gasteiger partial charge in [-0.25, -0.2) is 19.2 Å². The average molecular weight is 1100 g/mol. The van der Waals surface area contributed by atoms with E-state index in [2.05, 4.69) is 0 Å². The Kier molecular flexibility index (Phi) is 17.8. The zero-order valence-electron chi connectivity index (χ0n) is 51.3. The fourth-order valence-electron chi connectivity index (χ4n) is 9.25. The van der Waals surface area contributed by atoms with Crippen LogP contribution in [0.1, 0.15) is 235 Å². The standard InChI is InChI=1S/C64H88O15/c1-57(2,3)43-29-37(30-44(49(43)65)58(4,5)6)51-47(35-25-39(71-53(67)76-61(13,14)15)33-40(26-35)72-54(68)77-62(16,17)18)48(52(75-51)38-31-45(59(7,8)9)50(66)46(32-38)60(10,11)12)36-27-41(73-55(69)78-63(19,20)21)34-42(28-36)74-56(70)79-64(22,23)24/h25-34,47-48,51-52,65-66H,1-24H3/t47-,48-,51+,52+/m1/s1. The van der Waals surface area contributed by atoms with E-state index in [1.54, 1.807) is 107 Å². The van der Waals surface area contributed by atoms with E-state index in [9.17, 15) is 29.4 Å². The molecule has 5 rings (SSSR count). The van der Waals surface area contributed by atoms with Gasteiger partial charge in [-0.2, -0.15) is 0 Å². The number of benzene rings is 4. The molecule has 1 fully saturated rings. The Morgan fingerprint density at radius 3 is 0.709 bits per heavy atom. The lowest BCUT2D eigenvalue weighted by molar-refractivity contribution is 0.0177. The Hall–Kier alpha value is -6.48. The highest BCUT2D eigenvalue weighted by atomic mass is 16.8. The predicted octanol–water partition coefficient (Wildman–Crippen LogP) is 16.9. The highest BCUT2D eigenvalue weighted by Crippen LogP contribution is 2.61. The van der Waals surface area contributed by atoms with E-state index in [0.717, 1.165) is 0 Å². The van der Waals surface area contributed by atoms with Crippen molar-refractivity contribution in [3.8, 4) is 34.5 Å². The van der Waals surface area contributed by atoms with Crippen molar-refractivity contribution in [2.75, 3.05) is 0 Å². The molecule has 4 aromatic carbocycles. The zero-order valence-corrected chi connectivity index (χ0v) is 51.3. The predicted molar refractivity (Wildman–Crippen MR) is 303 cm³/mol. The van der Waals surface area contributed by atoms with Gasteiger partial charge in [-0.05, 0) is 198 Å². The minimum Gasteiger partial charge on any atom is -0.507 e. The van der Waals surface area contributed by atoms with Gasteiger partial charge in [0.1, 0.15) is 56.9 Å². The van der Waals surface area contributed by atoms with Crippen molar-refractivity contribution < 1.29 is 72.0 Å². The molecule has 0 aliphatic carbocycles. The second kappa shape index (κ2) is 22.2. The van der Waals surface area contributed by atoms with Crippen LogP contribution in [0.25, 0.3) is 0 Å². The Morgan fingerprint density at radius 1 is 0.329 bits per heavy atom. The molecule has 0 spiro atoms. The molecule has 2 N–H and O–H groups in total. The third-order valence-corrected chi connectivity index (χ3v) is 12.4. The number of rotatable bonds is 8. The summed E-state index contributed by atoms with van der Waals surface area (Å²) in [7, 11) is 0. The summed E-state index contributed by atoms with van der Waals surface area (Å²) in [5.41, 5.74) is -1.47. The molecule has 0 saturated carbocycles. The third-order valence-electron chi connectivity index (χ3n) is 12.4. The van der Waals surface area contributed by atoms with Gasteiger partial charge in [0.15, 0.2) is 0 Å². The van der Waals surface area contributed by atoms with Crippen LogP contribution in [0.15, 0.2) is 60.7 Å². The van der Waals surface area contributed by atoms with Crippen LogP contribution >= 0.6 is 0 Å². The fourth-order valence-corrected chi connectivity index (χ4v) is 9.25. The van der Waals surface area contributed by atoms with Gasteiger partial charge < -0.3 is 52.8 Å². The lowest BCUT2D eigenvalue weighted by Crippen LogP contribution is -2.27. The first-order valence-electron chi connectivity index (χ1n) is 26.9. The van der Waals surface area contributed by atoms with Gasteiger partial charge in [-0.15, -0.1) is 0 Å². The van der Waals surface area contributed by atoms with E-state index in [0.29, 0.717) is 44.5 Å². The molecule has 0 aromatic heterocycles. The molecule has 0 unspecified atom stereocenters. The normalized spacial score (nSPS) is 17.6. The van der Waals surface area contributed by atoms with Crippen LogP contribution < -0.4 is 18.9 Å². The lowest BCUT2D eigenvalue weighted by atomic mass is 9.72. The summed E-state index contributed by atoms with van der Waals surface area (Å²) in [5, 5.41) is 24.3. The highest BCUT2D eigenvalue weighted by molar-refractivity contribution is 5.69. The van der Waals surface area contributed by atoms with Crippen LogP contribution in [0, 0.1) is 0 Å². The summed E-state index contributed by atoms with van der Waals surface area (Å²) in [6.45, 7) is 44.5. The smallest absolute Gasteiger partial charge is 0.507 e. The monoisotopic (exact) mass is 1100 g/mol. The molecule has 1 aliphatic heterocycles. The molecule has 0 bridgehead atoms. The quantitative estimate of drug-likeness (QED) is 0.0961. The summed E-state index contributed by atoms with van der Waals surface area (Å²) >= 11 is 0. The first-order valence-corrected chi connectivity index (χ1v) is 26.9. The van der Waals surface area contributed by atoms with Crippen molar-refractivity contribution in [1.29, 1.82) is 0 Å². The maximum absolute atomic E-state index is 13.6. The number of carbonyl (C=O) groups excluding carboxylic acids is 4. The van der Waals surface area contributed by atoms with Crippen LogP contribution in [0.3, 0.4) is 0 Å². The molecule has 0 radical (unpaired) electrons. The van der Waals surface area contributed by atoms with Gasteiger partial charge >= 0.3 is 24.6 Å². The minimum atomic E-state index is -1.03. The second-order valence-corrected chi connectivity index (χ2v) is 28.7. The minimum absolute atomic E-state index is 0.0617. The van der Waals surface area contributed by atoms with Crippen molar-refractivity contribution in [2.45, 2.75) is 234 Å². The Bertz CT molecular complexity index is 2550. The lowest BCUT2D eigenvalue weighted by Gasteiger charge is -2.31. The van der Waals surface area contributed by atoms with Gasteiger partial charge in [0.25, 0.3) is 0 Å². The van der Waals surface area contributed by atoms with Crippen molar-refractivity contribution in [3.05, 3.63) is 105 Å². The largest absolute Gasteiger partial charge is 0.514 e. The SMILES string of the molecule is CC(C)(C)OC(=O)Oc1cc(OC(=O)OC(C)(C)C)cc([C@@H]2[C@@H](c3cc(OC(=O)OC(C)(C)C)cc(OC(=O)OC(C)(C)C)c3)[C@H](c3cc(C(C)(C)C)c(O)c(C(C)(C)C)c3)O[C@H]2c2cc(C(C)(C)C)c(O)c(C(C)(C)C)c2)c1. The first-order chi connectivity index (χ1) is 35.6. The molecule has 1 saturated heterocycles. The zero-order chi connectivity index (χ0) is 60.1. The summed E-state index contributed by atoms with van der Waals surface area (Å²) < 4.78 is 53.9. The Balaban J connectivity index is 2.06. The Morgan fingerprint density at radius 2 is 0.532 bits per heavy atom. The number of hydrogen-bond donors (Lipinski definition) is 2. The van der Waals surface area contributed by atoms with E-state index in [-0.39, 0.29) is 34.5 Å². The van der Waals surface area contributed by atoms with Gasteiger partial charge in [0, 0.05) is 24.0 Å². The van der Waals surface area contributed by atoms with Crippen LogP contribution in [0.5, 0.6) is 34.5 Å². The topological polar surface area (TPSA) is 192 Å². The van der Waals surface area contributed by atoms with Crippen LogP contribution in [-0.4, -0.2) is 57.2 Å². The summed E-state index contributed by atoms with van der Waals surface area (Å²) in [6, 6.07) is 17.0. The third kappa shape index (κ3) is 17.3. The molecule has 4 aromatic rings. The molecule has 0 amide bonds. The molecule has 79 heavy (non-hydrogen) atoms. The van der Waals surface area contributed by atoms with Crippen molar-refractivity contribution in [1.82, 2.24) is 0 Å². The molecule has 15 nitrogen and oxygen atoms in total. The van der Waals surface area contributed by atoms with Gasteiger partial charge in [-0.3, -0.25) is 0 Å². The summed E-state index contributed by atoms with van der Waals surface area (Å²) in [4.78, 5) is 54.5. The van der Waals surface area contributed by atoms with Gasteiger partial charge in [0.05, 0.1) is 12.2 Å². The number of hydrogen-bond acceptors (Lipinski definition) is 15. The molecule has 1 aliphatic rings. The number of carbonyl (C=O) groups is 4. The molecule has 1 heterocycles. The fraction of sp³-hybridized carbons (Fsp3) is 0.562. The molecular formula is C64H88O15. The molecular weight excluding hydrogens is 1010 g/mol. The first kappa shape index (κ1) is 63.4. The van der Waals surface area contributed by atoms with E-state index >= 15 is 0 Å². The number of ether oxygens (including phenoxy) is 9. The van der Waals surface area contributed by atoms with E-state index in [4.69, 9.17) is 42.6 Å². The number of phenols is 2. The van der Waals surface area contributed by atoms with Crippen LogP contribution in [-0.2, 0) is 45.3 Å². The van der Waals surface area contributed by atoms with Gasteiger partial charge in [0.2, 0.25) is 0 Å². The molecule has 434 valence electrons. The molecule has 4 atom stereocenters. The maximum atomic E-state index is 13.6. The average Bonchev–Trinajstić information content (AvgIpc) is 3.60. The van der Waals surface area contributed by atoms with Crippen molar-refractivity contribution >= 4 is 24.6 Å². The van der Waals surface area contributed by atoms with Crippen molar-refractivity contribution in [3.63, 3.8) is 0 Å². The van der Waals surface area contributed by atoms with Gasteiger partial charge in [-0.1, -0.05) is 83.1 Å². The number of phenolic OH excluding ortho intramolecular Hbond substituents is 2. The number of aromatic hydroxyl groups is 2.